The van der Waals surface area contributed by atoms with Crippen molar-refractivity contribution < 1.29 is 23.1 Å². The van der Waals surface area contributed by atoms with Crippen molar-refractivity contribution in [2.75, 3.05) is 13.2 Å². The minimum atomic E-state index is -3.63. The van der Waals surface area contributed by atoms with Gasteiger partial charge in [0.15, 0.2) is 0 Å². The minimum absolute atomic E-state index is 0.139. The highest BCUT2D eigenvalue weighted by Crippen LogP contribution is 2.15. The Morgan fingerprint density at radius 3 is 2.53 bits per heavy atom. The largest absolute Gasteiger partial charge is 0.480 e. The number of aliphatic carboxylic acids is 1. The average Bonchev–Trinajstić information content (AvgIpc) is 2.26. The highest BCUT2D eigenvalue weighted by molar-refractivity contribution is 7.90. The lowest BCUT2D eigenvalue weighted by molar-refractivity contribution is -0.140. The van der Waals surface area contributed by atoms with E-state index in [2.05, 4.69) is 4.72 Å². The van der Waals surface area contributed by atoms with E-state index in [1.165, 1.54) is 0 Å². The van der Waals surface area contributed by atoms with Crippen LogP contribution in [0.2, 0.25) is 0 Å². The van der Waals surface area contributed by atoms with Crippen molar-refractivity contribution >= 4 is 16.0 Å². The molecule has 1 fully saturated rings. The van der Waals surface area contributed by atoms with Crippen LogP contribution < -0.4 is 4.72 Å². The predicted molar refractivity (Wildman–Crippen MR) is 62.2 cm³/mol. The van der Waals surface area contributed by atoms with Gasteiger partial charge in [-0.1, -0.05) is 13.8 Å². The monoisotopic (exact) mass is 265 g/mol. The van der Waals surface area contributed by atoms with E-state index in [-0.39, 0.29) is 12.5 Å². The quantitative estimate of drug-likeness (QED) is 0.740. The maximum absolute atomic E-state index is 12.0. The van der Waals surface area contributed by atoms with E-state index < -0.39 is 27.3 Å². The molecule has 100 valence electrons. The van der Waals surface area contributed by atoms with E-state index in [1.807, 2.05) is 0 Å². The number of rotatable bonds is 5. The summed E-state index contributed by atoms with van der Waals surface area (Å²) in [4.78, 5) is 10.9. The molecule has 2 atom stereocenters. The second-order valence-electron chi connectivity index (χ2n) is 4.56. The Morgan fingerprint density at radius 1 is 1.47 bits per heavy atom. The van der Waals surface area contributed by atoms with Gasteiger partial charge in [0, 0.05) is 6.61 Å². The topological polar surface area (TPSA) is 92.7 Å². The molecule has 1 saturated heterocycles. The molecule has 0 spiro atoms. The summed E-state index contributed by atoms with van der Waals surface area (Å²) in [6.07, 6.45) is 1.20. The lowest BCUT2D eigenvalue weighted by Crippen LogP contribution is -2.49. The molecule has 1 aliphatic rings. The number of carboxylic acids is 1. The highest BCUT2D eigenvalue weighted by atomic mass is 32.2. The summed E-state index contributed by atoms with van der Waals surface area (Å²) in [6.45, 7) is 4.04. The summed E-state index contributed by atoms with van der Waals surface area (Å²) in [5.74, 6) is -1.45. The Bertz CT molecular complexity index is 359. The molecule has 17 heavy (non-hydrogen) atoms. The maximum Gasteiger partial charge on any atom is 0.321 e. The van der Waals surface area contributed by atoms with Crippen LogP contribution in [0.5, 0.6) is 0 Å². The number of hydrogen-bond acceptors (Lipinski definition) is 4. The van der Waals surface area contributed by atoms with Crippen LogP contribution in [-0.4, -0.2) is 44.0 Å². The van der Waals surface area contributed by atoms with E-state index in [4.69, 9.17) is 9.84 Å². The van der Waals surface area contributed by atoms with Crippen LogP contribution in [0.25, 0.3) is 0 Å². The first-order valence-corrected chi connectivity index (χ1v) is 7.21. The normalized spacial score (nSPS) is 23.6. The van der Waals surface area contributed by atoms with Gasteiger partial charge in [-0.15, -0.1) is 0 Å². The summed E-state index contributed by atoms with van der Waals surface area (Å²) in [6, 6.07) is -1.08. The molecule has 1 rings (SSSR count). The Kier molecular flexibility index (Phi) is 4.91. The number of sulfonamides is 1. The molecule has 0 saturated carbocycles. The molecule has 1 unspecified atom stereocenters. The fraction of sp³-hybridized carbons (Fsp3) is 0.900. The van der Waals surface area contributed by atoms with E-state index in [1.54, 1.807) is 13.8 Å². The summed E-state index contributed by atoms with van der Waals surface area (Å²) in [7, 11) is -3.63. The standard InChI is InChI=1S/C10H19NO5S/c1-7(2)9(10(12)13)11-17(14,15)8-4-3-5-16-6-8/h7-9,11H,3-6H2,1-2H3,(H,12,13)/t8?,9-/m0/s1. The Morgan fingerprint density at radius 2 is 2.12 bits per heavy atom. The van der Waals surface area contributed by atoms with Crippen molar-refractivity contribution in [3.8, 4) is 0 Å². The lowest BCUT2D eigenvalue weighted by atomic mass is 10.1. The molecule has 0 aromatic heterocycles. The highest BCUT2D eigenvalue weighted by Gasteiger charge is 2.33. The molecule has 0 aliphatic carbocycles. The van der Waals surface area contributed by atoms with Crippen molar-refractivity contribution in [2.24, 2.45) is 5.92 Å². The van der Waals surface area contributed by atoms with Crippen LogP contribution >= 0.6 is 0 Å². The van der Waals surface area contributed by atoms with Crippen molar-refractivity contribution in [3.05, 3.63) is 0 Å². The van der Waals surface area contributed by atoms with E-state index >= 15 is 0 Å². The molecular weight excluding hydrogens is 246 g/mol. The Balaban J connectivity index is 2.73. The summed E-state index contributed by atoms with van der Waals surface area (Å²) >= 11 is 0. The van der Waals surface area contributed by atoms with Crippen LogP contribution in [-0.2, 0) is 19.6 Å². The molecule has 1 aliphatic heterocycles. The van der Waals surface area contributed by atoms with Crippen LogP contribution in [0, 0.1) is 5.92 Å². The van der Waals surface area contributed by atoms with Gasteiger partial charge in [-0.3, -0.25) is 4.79 Å². The maximum atomic E-state index is 12.0. The molecule has 0 aromatic rings. The van der Waals surface area contributed by atoms with Crippen LogP contribution in [0.3, 0.4) is 0 Å². The first-order chi connectivity index (χ1) is 7.84. The number of ether oxygens (including phenoxy) is 1. The Labute approximate surface area is 101 Å². The number of carbonyl (C=O) groups is 1. The zero-order valence-corrected chi connectivity index (χ0v) is 10.9. The van der Waals surface area contributed by atoms with Gasteiger partial charge < -0.3 is 9.84 Å². The van der Waals surface area contributed by atoms with Crippen molar-refractivity contribution in [1.82, 2.24) is 4.72 Å². The average molecular weight is 265 g/mol. The summed E-state index contributed by atoms with van der Waals surface area (Å²) in [5.41, 5.74) is 0. The van der Waals surface area contributed by atoms with Crippen molar-refractivity contribution in [2.45, 2.75) is 38.0 Å². The first kappa shape index (κ1) is 14.4. The summed E-state index contributed by atoms with van der Waals surface area (Å²) < 4.78 is 31.3. The fourth-order valence-electron chi connectivity index (χ4n) is 1.70. The Hall–Kier alpha value is -0.660. The molecule has 0 amide bonds. The van der Waals surface area contributed by atoms with E-state index in [0.29, 0.717) is 19.4 Å². The van der Waals surface area contributed by atoms with Crippen LogP contribution in [0.1, 0.15) is 26.7 Å². The van der Waals surface area contributed by atoms with Crippen molar-refractivity contribution in [1.29, 1.82) is 0 Å². The minimum Gasteiger partial charge on any atom is -0.480 e. The van der Waals surface area contributed by atoms with Gasteiger partial charge in [0.1, 0.15) is 6.04 Å². The van der Waals surface area contributed by atoms with E-state index in [0.717, 1.165) is 0 Å². The third kappa shape index (κ3) is 3.93. The van der Waals surface area contributed by atoms with E-state index in [9.17, 15) is 13.2 Å². The molecule has 0 radical (unpaired) electrons. The van der Waals surface area contributed by atoms with Crippen molar-refractivity contribution in [3.63, 3.8) is 0 Å². The zero-order valence-electron chi connectivity index (χ0n) is 10.0. The smallest absolute Gasteiger partial charge is 0.321 e. The number of nitrogens with one attached hydrogen (secondary N) is 1. The fourth-order valence-corrected chi connectivity index (χ4v) is 3.37. The molecule has 2 N–H and O–H groups in total. The molecule has 1 heterocycles. The molecule has 6 nitrogen and oxygen atoms in total. The third-order valence-corrected chi connectivity index (χ3v) is 4.61. The third-order valence-electron chi connectivity index (χ3n) is 2.78. The molecule has 0 bridgehead atoms. The summed E-state index contributed by atoms with van der Waals surface area (Å²) in [5, 5.41) is 8.31. The van der Waals surface area contributed by atoms with Gasteiger partial charge in [0.25, 0.3) is 0 Å². The second-order valence-corrected chi connectivity index (χ2v) is 6.55. The molecular formula is C10H19NO5S. The molecule has 7 heteroatoms. The van der Waals surface area contributed by atoms with Gasteiger partial charge in [0.05, 0.1) is 11.9 Å². The number of carboxylic acid groups (broad SMARTS) is 1. The van der Waals surface area contributed by atoms with Crippen LogP contribution in [0.4, 0.5) is 0 Å². The predicted octanol–water partition coefficient (Wildman–Crippen LogP) is 0.194. The zero-order chi connectivity index (χ0) is 13.1. The number of hydrogen-bond donors (Lipinski definition) is 2. The van der Waals surface area contributed by atoms with Gasteiger partial charge in [0.2, 0.25) is 10.0 Å². The van der Waals surface area contributed by atoms with Gasteiger partial charge in [-0.25, -0.2) is 13.1 Å². The van der Waals surface area contributed by atoms with Gasteiger partial charge in [-0.05, 0) is 18.8 Å². The lowest BCUT2D eigenvalue weighted by Gasteiger charge is -2.25. The first-order valence-electron chi connectivity index (χ1n) is 5.66. The molecule has 0 aromatic carbocycles. The van der Waals surface area contributed by atoms with Crippen LogP contribution in [0.15, 0.2) is 0 Å². The SMILES string of the molecule is CC(C)[C@H](NS(=O)(=O)C1CCCOC1)C(=O)O. The van der Waals surface area contributed by atoms with Gasteiger partial charge >= 0.3 is 5.97 Å². The van der Waals surface area contributed by atoms with Gasteiger partial charge in [-0.2, -0.15) is 0 Å². The second kappa shape index (κ2) is 5.79.